The molecule has 0 atom stereocenters. The van der Waals surface area contributed by atoms with Gasteiger partial charge in [0.1, 0.15) is 0 Å². The van der Waals surface area contributed by atoms with Gasteiger partial charge in [0, 0.05) is 25.7 Å². The molecule has 0 radical (unpaired) electrons. The Morgan fingerprint density at radius 1 is 1.19 bits per heavy atom. The number of carbonyl (C=O) groups is 2. The minimum absolute atomic E-state index is 0.00832. The van der Waals surface area contributed by atoms with E-state index in [1.165, 1.54) is 12.1 Å². The number of hydrogen-bond acceptors (Lipinski definition) is 3. The van der Waals surface area contributed by atoms with Crippen molar-refractivity contribution >= 4 is 11.8 Å². The molecule has 0 heterocycles. The number of ketones is 1. The third kappa shape index (κ3) is 3.47. The van der Waals surface area contributed by atoms with Crippen LogP contribution in [0, 0.1) is 0 Å². The third-order valence-electron chi connectivity index (χ3n) is 2.21. The van der Waals surface area contributed by atoms with Crippen LogP contribution in [0.15, 0.2) is 24.3 Å². The molecule has 1 N–H and O–H groups in total. The first-order chi connectivity index (χ1) is 7.65. The number of carboxylic acids is 1. The van der Waals surface area contributed by atoms with Crippen LogP contribution in [0.25, 0.3) is 0 Å². The largest absolute Gasteiger partial charge is 0.478 e. The molecule has 0 fully saturated rings. The molecule has 0 saturated carbocycles. The highest BCUT2D eigenvalue weighted by Crippen LogP contribution is 2.08. The smallest absolute Gasteiger partial charge is 0.335 e. The highest BCUT2D eigenvalue weighted by atomic mass is 16.5. The molecule has 1 rings (SSSR count). The van der Waals surface area contributed by atoms with Crippen LogP contribution in [0.5, 0.6) is 0 Å². The van der Waals surface area contributed by atoms with Crippen molar-refractivity contribution in [2.45, 2.75) is 12.8 Å². The molecule has 0 aliphatic carbocycles. The summed E-state index contributed by atoms with van der Waals surface area (Å²) in [5.74, 6) is -0.979. The van der Waals surface area contributed by atoms with Crippen molar-refractivity contribution in [3.63, 3.8) is 0 Å². The maximum Gasteiger partial charge on any atom is 0.335 e. The van der Waals surface area contributed by atoms with Gasteiger partial charge < -0.3 is 9.84 Å². The number of rotatable bonds is 6. The molecule has 0 unspecified atom stereocenters. The maximum atomic E-state index is 11.6. The second-order valence-electron chi connectivity index (χ2n) is 3.40. The fraction of sp³-hybridized carbons (Fsp3) is 0.333. The SMILES string of the molecule is COCCCC(=O)c1ccc(C(=O)O)cc1. The first kappa shape index (κ1) is 12.4. The molecule has 0 saturated heterocycles. The van der Waals surface area contributed by atoms with Crippen LogP contribution < -0.4 is 0 Å². The normalized spacial score (nSPS) is 10.1. The Labute approximate surface area is 93.9 Å². The van der Waals surface area contributed by atoms with Gasteiger partial charge in [0.2, 0.25) is 0 Å². The van der Waals surface area contributed by atoms with Crippen molar-refractivity contribution in [2.75, 3.05) is 13.7 Å². The summed E-state index contributed by atoms with van der Waals surface area (Å²) in [5.41, 5.74) is 0.731. The number of hydrogen-bond donors (Lipinski definition) is 1. The molecule has 0 bridgehead atoms. The monoisotopic (exact) mass is 222 g/mol. The fourth-order valence-electron chi connectivity index (χ4n) is 1.32. The van der Waals surface area contributed by atoms with Gasteiger partial charge in [-0.1, -0.05) is 12.1 Å². The summed E-state index contributed by atoms with van der Waals surface area (Å²) in [6.07, 6.45) is 1.09. The van der Waals surface area contributed by atoms with Crippen LogP contribution in [-0.4, -0.2) is 30.6 Å². The van der Waals surface area contributed by atoms with Crippen LogP contribution in [0.3, 0.4) is 0 Å². The van der Waals surface area contributed by atoms with Crippen molar-refractivity contribution < 1.29 is 19.4 Å². The molecular weight excluding hydrogens is 208 g/mol. The summed E-state index contributed by atoms with van der Waals surface area (Å²) in [6.45, 7) is 0.555. The lowest BCUT2D eigenvalue weighted by atomic mass is 10.1. The highest BCUT2D eigenvalue weighted by Gasteiger charge is 2.07. The molecule has 86 valence electrons. The second-order valence-corrected chi connectivity index (χ2v) is 3.40. The molecule has 0 amide bonds. The number of carboxylic acid groups (broad SMARTS) is 1. The zero-order chi connectivity index (χ0) is 12.0. The van der Waals surface area contributed by atoms with E-state index in [2.05, 4.69) is 0 Å². The molecule has 1 aromatic carbocycles. The van der Waals surface area contributed by atoms with Crippen molar-refractivity contribution in [3.05, 3.63) is 35.4 Å². The van der Waals surface area contributed by atoms with Crippen LogP contribution in [-0.2, 0) is 4.74 Å². The Kier molecular flexibility index (Phi) is 4.66. The first-order valence-corrected chi connectivity index (χ1v) is 5.00. The summed E-state index contributed by atoms with van der Waals surface area (Å²) in [4.78, 5) is 22.2. The lowest BCUT2D eigenvalue weighted by molar-refractivity contribution is 0.0696. The van der Waals surface area contributed by atoms with E-state index in [-0.39, 0.29) is 11.3 Å². The Morgan fingerprint density at radius 2 is 1.75 bits per heavy atom. The van der Waals surface area contributed by atoms with E-state index < -0.39 is 5.97 Å². The minimum Gasteiger partial charge on any atom is -0.478 e. The van der Waals surface area contributed by atoms with Gasteiger partial charge in [-0.3, -0.25) is 4.79 Å². The van der Waals surface area contributed by atoms with Crippen molar-refractivity contribution in [3.8, 4) is 0 Å². The van der Waals surface area contributed by atoms with E-state index in [0.717, 1.165) is 0 Å². The summed E-state index contributed by atoms with van der Waals surface area (Å²) in [5, 5.41) is 8.69. The number of carbonyl (C=O) groups excluding carboxylic acids is 1. The number of benzene rings is 1. The molecule has 4 nitrogen and oxygen atoms in total. The number of ether oxygens (including phenoxy) is 1. The van der Waals surface area contributed by atoms with Gasteiger partial charge in [0.25, 0.3) is 0 Å². The zero-order valence-electron chi connectivity index (χ0n) is 9.10. The van der Waals surface area contributed by atoms with E-state index in [1.807, 2.05) is 0 Å². The van der Waals surface area contributed by atoms with Crippen molar-refractivity contribution in [2.24, 2.45) is 0 Å². The Bertz CT molecular complexity index is 367. The summed E-state index contributed by atoms with van der Waals surface area (Å²) in [6, 6.07) is 5.95. The molecule has 1 aromatic rings. The van der Waals surface area contributed by atoms with Crippen molar-refractivity contribution in [1.29, 1.82) is 0 Å². The lowest BCUT2D eigenvalue weighted by Gasteiger charge is -2.01. The van der Waals surface area contributed by atoms with Gasteiger partial charge in [-0.05, 0) is 18.6 Å². The first-order valence-electron chi connectivity index (χ1n) is 5.00. The predicted molar refractivity (Wildman–Crippen MR) is 58.8 cm³/mol. The molecule has 0 aliphatic heterocycles. The highest BCUT2D eigenvalue weighted by molar-refractivity contribution is 5.97. The summed E-state index contributed by atoms with van der Waals surface area (Å²) >= 11 is 0. The minimum atomic E-state index is -0.988. The van der Waals surface area contributed by atoms with Gasteiger partial charge >= 0.3 is 5.97 Å². The van der Waals surface area contributed by atoms with Crippen LogP contribution in [0.4, 0.5) is 0 Å². The second kappa shape index (κ2) is 6.02. The van der Waals surface area contributed by atoms with E-state index in [0.29, 0.717) is 25.0 Å². The zero-order valence-corrected chi connectivity index (χ0v) is 9.10. The van der Waals surface area contributed by atoms with E-state index in [9.17, 15) is 9.59 Å². The van der Waals surface area contributed by atoms with E-state index in [1.54, 1.807) is 19.2 Å². The standard InChI is InChI=1S/C12H14O4/c1-16-8-2-3-11(13)9-4-6-10(7-5-9)12(14)15/h4-7H,2-3,8H2,1H3,(H,14,15). The van der Waals surface area contributed by atoms with Gasteiger partial charge in [-0.2, -0.15) is 0 Å². The number of methoxy groups -OCH3 is 1. The fourth-order valence-corrected chi connectivity index (χ4v) is 1.32. The van der Waals surface area contributed by atoms with Crippen molar-refractivity contribution in [1.82, 2.24) is 0 Å². The Morgan fingerprint density at radius 3 is 2.25 bits per heavy atom. The van der Waals surface area contributed by atoms with Gasteiger partial charge in [-0.25, -0.2) is 4.79 Å². The summed E-state index contributed by atoms with van der Waals surface area (Å²) in [7, 11) is 1.59. The quantitative estimate of drug-likeness (QED) is 0.590. The molecular formula is C12H14O4. The molecule has 4 heteroatoms. The lowest BCUT2D eigenvalue weighted by Crippen LogP contribution is -2.02. The van der Waals surface area contributed by atoms with Crippen LogP contribution in [0.1, 0.15) is 33.6 Å². The predicted octanol–water partition coefficient (Wildman–Crippen LogP) is 1.99. The average molecular weight is 222 g/mol. The summed E-state index contributed by atoms with van der Waals surface area (Å²) < 4.78 is 4.85. The molecule has 0 aliphatic rings. The van der Waals surface area contributed by atoms with Gasteiger partial charge in [0.05, 0.1) is 5.56 Å². The van der Waals surface area contributed by atoms with Crippen LogP contribution >= 0.6 is 0 Å². The maximum absolute atomic E-state index is 11.6. The number of aromatic carboxylic acids is 1. The Balaban J connectivity index is 2.59. The topological polar surface area (TPSA) is 63.6 Å². The number of Topliss-reactive ketones (excluding diaryl/α,β-unsaturated/α-hetero) is 1. The molecule has 0 aromatic heterocycles. The van der Waals surface area contributed by atoms with E-state index >= 15 is 0 Å². The van der Waals surface area contributed by atoms with Crippen LogP contribution in [0.2, 0.25) is 0 Å². The van der Waals surface area contributed by atoms with Gasteiger partial charge in [0.15, 0.2) is 5.78 Å². The Hall–Kier alpha value is -1.68. The molecule has 16 heavy (non-hydrogen) atoms. The molecule has 0 spiro atoms. The third-order valence-corrected chi connectivity index (χ3v) is 2.21. The van der Waals surface area contributed by atoms with E-state index in [4.69, 9.17) is 9.84 Å². The average Bonchev–Trinajstić information content (AvgIpc) is 2.29. The van der Waals surface area contributed by atoms with Gasteiger partial charge in [-0.15, -0.1) is 0 Å².